The van der Waals surface area contributed by atoms with Crippen molar-refractivity contribution >= 4 is 0 Å². The molecule has 0 amide bonds. The predicted molar refractivity (Wildman–Crippen MR) is 63.5 cm³/mol. The van der Waals surface area contributed by atoms with Gasteiger partial charge in [-0.2, -0.15) is 39.5 Å². The summed E-state index contributed by atoms with van der Waals surface area (Å²) in [5, 5.41) is 2.30. The largest absolute Gasteiger partial charge is 0.417 e. The molecule has 1 nitrogen and oxygen atoms in total. The van der Waals surface area contributed by atoms with E-state index in [2.05, 4.69) is 5.32 Å². The van der Waals surface area contributed by atoms with Crippen LogP contribution in [0.25, 0.3) is 0 Å². The molecule has 0 heterocycles. The molecule has 1 rings (SSSR count). The average Bonchev–Trinajstić information content (AvgIpc) is 2.35. The molecular weight excluding hydrogens is 341 g/mol. The highest BCUT2D eigenvalue weighted by molar-refractivity contribution is 5.45. The lowest BCUT2D eigenvalue weighted by Crippen LogP contribution is -2.26. The van der Waals surface area contributed by atoms with Gasteiger partial charge < -0.3 is 5.32 Å². The Labute approximate surface area is 125 Å². The van der Waals surface area contributed by atoms with Crippen molar-refractivity contribution in [3.63, 3.8) is 0 Å². The summed E-state index contributed by atoms with van der Waals surface area (Å²) in [5.41, 5.74) is -7.30. The van der Waals surface area contributed by atoms with Gasteiger partial charge in [-0.15, -0.1) is 0 Å². The Morgan fingerprint density at radius 1 is 0.870 bits per heavy atom. The van der Waals surface area contributed by atoms with E-state index < -0.39 is 52.9 Å². The van der Waals surface area contributed by atoms with E-state index in [-0.39, 0.29) is 12.5 Å². The van der Waals surface area contributed by atoms with E-state index in [1.165, 1.54) is 6.92 Å². The Morgan fingerprint density at radius 3 is 1.70 bits per heavy atom. The van der Waals surface area contributed by atoms with Gasteiger partial charge in [0.1, 0.15) is 0 Å². The van der Waals surface area contributed by atoms with Crippen molar-refractivity contribution in [2.45, 2.75) is 37.9 Å². The summed E-state index contributed by atoms with van der Waals surface area (Å²) in [6.45, 7) is 1.34. The monoisotopic (exact) mass is 353 g/mol. The van der Waals surface area contributed by atoms with Crippen molar-refractivity contribution in [2.24, 2.45) is 0 Å². The van der Waals surface area contributed by atoms with Crippen LogP contribution in [0.4, 0.5) is 39.5 Å². The first-order chi connectivity index (χ1) is 10.2. The van der Waals surface area contributed by atoms with E-state index in [1.54, 1.807) is 0 Å². The molecule has 1 aromatic rings. The molecule has 23 heavy (non-hydrogen) atoms. The number of hydrogen-bond acceptors (Lipinski definition) is 1. The molecule has 1 atom stereocenters. The van der Waals surface area contributed by atoms with E-state index >= 15 is 0 Å². The Kier molecular flexibility index (Phi) is 5.30. The highest BCUT2D eigenvalue weighted by atomic mass is 19.4. The second-order valence-electron chi connectivity index (χ2n) is 4.73. The fourth-order valence-corrected chi connectivity index (χ4v) is 2.22. The first kappa shape index (κ1) is 19.6. The molecule has 132 valence electrons. The summed E-state index contributed by atoms with van der Waals surface area (Å²) in [6.07, 6.45) is -16.4. The van der Waals surface area contributed by atoms with Crippen molar-refractivity contribution in [1.82, 2.24) is 5.32 Å². The lowest BCUT2D eigenvalue weighted by Gasteiger charge is -2.25. The minimum Gasteiger partial charge on any atom is -0.313 e. The highest BCUT2D eigenvalue weighted by Gasteiger charge is 2.47. The van der Waals surface area contributed by atoms with Crippen molar-refractivity contribution in [3.05, 3.63) is 34.4 Å². The fraction of sp³-hybridized carbons (Fsp3) is 0.538. The zero-order valence-electron chi connectivity index (χ0n) is 11.8. The zero-order chi connectivity index (χ0) is 18.2. The van der Waals surface area contributed by atoms with Gasteiger partial charge in [0.2, 0.25) is 0 Å². The summed E-state index contributed by atoms with van der Waals surface area (Å²) in [4.78, 5) is 0. The molecule has 0 aliphatic heterocycles. The van der Waals surface area contributed by atoms with E-state index in [0.29, 0.717) is 0 Å². The maximum Gasteiger partial charge on any atom is 0.417 e. The molecule has 1 N–H and O–H groups in total. The third-order valence-electron chi connectivity index (χ3n) is 3.22. The molecule has 0 saturated heterocycles. The molecule has 10 heteroatoms. The third kappa shape index (κ3) is 4.30. The molecular formula is C13H12F9N. The number of alkyl halides is 9. The smallest absolute Gasteiger partial charge is 0.313 e. The van der Waals surface area contributed by atoms with Crippen LogP contribution >= 0.6 is 0 Å². The molecule has 0 bridgehead atoms. The van der Waals surface area contributed by atoms with Gasteiger partial charge in [0.15, 0.2) is 0 Å². The van der Waals surface area contributed by atoms with Crippen LogP contribution < -0.4 is 5.32 Å². The number of nitrogens with one attached hydrogen (secondary N) is 1. The first-order valence-corrected chi connectivity index (χ1v) is 6.30. The van der Waals surface area contributed by atoms with E-state index in [1.807, 2.05) is 0 Å². The van der Waals surface area contributed by atoms with Gasteiger partial charge >= 0.3 is 18.5 Å². The SMILES string of the molecule is CCC(NC)c1cc(C(F)(F)F)cc(C(F)(F)F)c1C(F)(F)F. The Balaban J connectivity index is 3.89. The van der Waals surface area contributed by atoms with Gasteiger partial charge in [-0.1, -0.05) is 6.92 Å². The normalized spacial score (nSPS) is 14.9. The Bertz CT molecular complexity index is 550. The summed E-state index contributed by atoms with van der Waals surface area (Å²) in [7, 11) is 1.15. The molecule has 0 aliphatic rings. The van der Waals surface area contributed by atoms with E-state index in [4.69, 9.17) is 0 Å². The summed E-state index contributed by atoms with van der Waals surface area (Å²) < 4.78 is 116. The standard InChI is InChI=1S/C13H12F9N/c1-3-9(23-2)7-4-6(11(14,15)16)5-8(12(17,18)19)10(7)13(20,21)22/h4-5,9,23H,3H2,1-2H3. The molecule has 0 saturated carbocycles. The quantitative estimate of drug-likeness (QED) is 0.716. The third-order valence-corrected chi connectivity index (χ3v) is 3.22. The summed E-state index contributed by atoms with van der Waals surface area (Å²) in [6, 6.07) is -1.70. The zero-order valence-corrected chi connectivity index (χ0v) is 11.8. The summed E-state index contributed by atoms with van der Waals surface area (Å²) in [5.74, 6) is 0. The van der Waals surface area contributed by atoms with Gasteiger partial charge in [-0.3, -0.25) is 0 Å². The van der Waals surface area contributed by atoms with E-state index in [0.717, 1.165) is 7.05 Å². The van der Waals surface area contributed by atoms with Crippen LogP contribution in [-0.4, -0.2) is 7.05 Å². The van der Waals surface area contributed by atoms with Gasteiger partial charge in [-0.05, 0) is 31.2 Å². The Hall–Kier alpha value is -1.45. The minimum atomic E-state index is -5.58. The van der Waals surface area contributed by atoms with Crippen LogP contribution in [0.3, 0.4) is 0 Å². The fourth-order valence-electron chi connectivity index (χ4n) is 2.22. The maximum absolute atomic E-state index is 13.1. The van der Waals surface area contributed by atoms with Gasteiger partial charge in [0.05, 0.1) is 16.7 Å². The van der Waals surface area contributed by atoms with Crippen LogP contribution in [0, 0.1) is 0 Å². The first-order valence-electron chi connectivity index (χ1n) is 6.30. The molecule has 0 spiro atoms. The lowest BCUT2D eigenvalue weighted by molar-refractivity contribution is -0.164. The minimum absolute atomic E-state index is 0.114. The Morgan fingerprint density at radius 2 is 1.39 bits per heavy atom. The van der Waals surface area contributed by atoms with Crippen molar-refractivity contribution in [2.75, 3.05) is 7.05 Å². The number of hydrogen-bond donors (Lipinski definition) is 1. The molecule has 0 aromatic heterocycles. The average molecular weight is 353 g/mol. The van der Waals surface area contributed by atoms with Crippen LogP contribution in [0.2, 0.25) is 0 Å². The van der Waals surface area contributed by atoms with Gasteiger partial charge in [0.25, 0.3) is 0 Å². The van der Waals surface area contributed by atoms with Gasteiger partial charge in [0, 0.05) is 6.04 Å². The topological polar surface area (TPSA) is 12.0 Å². The second-order valence-corrected chi connectivity index (χ2v) is 4.73. The maximum atomic E-state index is 13.1. The van der Waals surface area contributed by atoms with Crippen LogP contribution in [0.15, 0.2) is 12.1 Å². The van der Waals surface area contributed by atoms with Crippen LogP contribution in [0.1, 0.15) is 41.6 Å². The molecule has 1 aromatic carbocycles. The van der Waals surface area contributed by atoms with Gasteiger partial charge in [-0.25, -0.2) is 0 Å². The molecule has 0 radical (unpaired) electrons. The second kappa shape index (κ2) is 6.21. The summed E-state index contributed by atoms with van der Waals surface area (Å²) >= 11 is 0. The number of benzene rings is 1. The number of rotatable bonds is 3. The van der Waals surface area contributed by atoms with E-state index in [9.17, 15) is 39.5 Å². The van der Waals surface area contributed by atoms with Crippen LogP contribution in [0.5, 0.6) is 0 Å². The van der Waals surface area contributed by atoms with Crippen molar-refractivity contribution in [1.29, 1.82) is 0 Å². The van der Waals surface area contributed by atoms with Crippen molar-refractivity contribution < 1.29 is 39.5 Å². The lowest BCUT2D eigenvalue weighted by atomic mass is 9.91. The molecule has 1 unspecified atom stereocenters. The highest BCUT2D eigenvalue weighted by Crippen LogP contribution is 2.46. The van der Waals surface area contributed by atoms with Crippen molar-refractivity contribution in [3.8, 4) is 0 Å². The predicted octanol–water partition coefficient (Wildman–Crippen LogP) is 5.41. The number of halogens is 9. The molecule has 0 aliphatic carbocycles. The molecule has 0 fully saturated rings. The van der Waals surface area contributed by atoms with Crippen LogP contribution in [-0.2, 0) is 18.5 Å².